The van der Waals surface area contributed by atoms with Crippen LogP contribution in [0.25, 0.3) is 22.0 Å². The summed E-state index contributed by atoms with van der Waals surface area (Å²) in [5, 5.41) is 22.2. The van der Waals surface area contributed by atoms with E-state index in [0.29, 0.717) is 34.5 Å². The van der Waals surface area contributed by atoms with E-state index in [1.165, 1.54) is 6.92 Å². The second-order valence-electron chi connectivity index (χ2n) is 8.17. The zero-order valence-corrected chi connectivity index (χ0v) is 22.5. The van der Waals surface area contributed by atoms with E-state index in [0.717, 1.165) is 16.7 Å². The first kappa shape index (κ1) is 30.0. The molecule has 1 amide bonds. The zero-order valence-electron chi connectivity index (χ0n) is 21.7. The van der Waals surface area contributed by atoms with Crippen LogP contribution < -0.4 is 5.32 Å². The number of ketones is 1. The van der Waals surface area contributed by atoms with Crippen LogP contribution in [0.2, 0.25) is 5.02 Å². The van der Waals surface area contributed by atoms with Gasteiger partial charge >= 0.3 is 5.97 Å². The van der Waals surface area contributed by atoms with E-state index in [1.54, 1.807) is 37.3 Å². The van der Waals surface area contributed by atoms with Gasteiger partial charge in [-0.1, -0.05) is 55.8 Å². The molecule has 0 saturated heterocycles. The lowest BCUT2D eigenvalue weighted by Gasteiger charge is -2.12. The van der Waals surface area contributed by atoms with E-state index in [1.807, 2.05) is 56.3 Å². The van der Waals surface area contributed by atoms with Crippen molar-refractivity contribution in [3.05, 3.63) is 94.6 Å². The Balaban J connectivity index is 0.000000264. The number of carbonyl (C=O) groups excluding carboxylic acids is 2. The minimum atomic E-state index is -0.946. The maximum Gasteiger partial charge on any atom is 0.336 e. The Bertz CT molecular complexity index is 1390. The molecule has 1 aromatic heterocycles. The molecule has 1 unspecified atom stereocenters. The van der Waals surface area contributed by atoms with Crippen LogP contribution in [-0.4, -0.2) is 39.4 Å². The van der Waals surface area contributed by atoms with Gasteiger partial charge in [0.05, 0.1) is 17.1 Å². The summed E-state index contributed by atoms with van der Waals surface area (Å²) in [5.41, 5.74) is 4.46. The lowest BCUT2D eigenvalue weighted by Crippen LogP contribution is -2.36. The van der Waals surface area contributed by atoms with Crippen LogP contribution in [0, 0.1) is 6.92 Å². The number of phenols is 1. The van der Waals surface area contributed by atoms with Gasteiger partial charge < -0.3 is 15.5 Å². The topological polar surface area (TPSA) is 117 Å². The Morgan fingerprint density at radius 2 is 1.58 bits per heavy atom. The van der Waals surface area contributed by atoms with Crippen molar-refractivity contribution in [2.24, 2.45) is 0 Å². The number of aromatic carboxylic acids is 1. The Morgan fingerprint density at radius 1 is 0.974 bits per heavy atom. The minimum Gasteiger partial charge on any atom is -0.508 e. The maximum atomic E-state index is 11.4. The van der Waals surface area contributed by atoms with Crippen LogP contribution >= 0.6 is 11.6 Å². The van der Waals surface area contributed by atoms with Crippen molar-refractivity contribution in [1.29, 1.82) is 0 Å². The second-order valence-corrected chi connectivity index (χ2v) is 8.61. The minimum absolute atomic E-state index is 0.0878. The Hall–Kier alpha value is -4.23. The molecule has 1 atom stereocenters. The number of fused-ring (bicyclic) bond motifs is 1. The molecular weight excluding hydrogens is 504 g/mol. The first-order valence-corrected chi connectivity index (χ1v) is 12.4. The normalized spacial score (nSPS) is 10.8. The van der Waals surface area contributed by atoms with E-state index in [-0.39, 0.29) is 17.1 Å². The SMILES string of the molecule is CC.CC(=O)C(Cc1ccc(O)cc1)NC=O.Cc1cc(C(=O)O)c2cc(-c3ccc(Cl)cc3)ccc2n1. The zero-order chi connectivity index (χ0) is 28.2. The van der Waals surface area contributed by atoms with Gasteiger partial charge in [-0.05, 0) is 79.4 Å². The number of carboxylic acids is 1. The van der Waals surface area contributed by atoms with Crippen LogP contribution in [0.4, 0.5) is 0 Å². The molecule has 0 spiro atoms. The molecule has 0 aliphatic rings. The summed E-state index contributed by atoms with van der Waals surface area (Å²) in [7, 11) is 0. The van der Waals surface area contributed by atoms with Gasteiger partial charge in [0, 0.05) is 16.1 Å². The number of pyridine rings is 1. The van der Waals surface area contributed by atoms with Gasteiger partial charge in [-0.15, -0.1) is 0 Å². The van der Waals surface area contributed by atoms with Crippen LogP contribution in [-0.2, 0) is 16.0 Å². The lowest BCUT2D eigenvalue weighted by atomic mass is 10.0. The molecule has 3 N–H and O–H groups in total. The molecule has 38 heavy (non-hydrogen) atoms. The van der Waals surface area contributed by atoms with Gasteiger partial charge in [-0.25, -0.2) is 4.79 Å². The number of phenolic OH excluding ortho intramolecular Hbond substituents is 1. The lowest BCUT2D eigenvalue weighted by molar-refractivity contribution is -0.121. The average Bonchev–Trinajstić information content (AvgIpc) is 2.91. The van der Waals surface area contributed by atoms with Crippen LogP contribution in [0.5, 0.6) is 5.75 Å². The molecule has 0 aliphatic heterocycles. The van der Waals surface area contributed by atoms with E-state index in [2.05, 4.69) is 10.3 Å². The summed E-state index contributed by atoms with van der Waals surface area (Å²) in [6.45, 7) is 7.22. The van der Waals surface area contributed by atoms with Gasteiger partial charge in [0.1, 0.15) is 5.75 Å². The number of rotatable bonds is 7. The summed E-state index contributed by atoms with van der Waals surface area (Å²) in [4.78, 5) is 37.2. The van der Waals surface area contributed by atoms with Crippen molar-refractivity contribution in [2.75, 3.05) is 0 Å². The van der Waals surface area contributed by atoms with E-state index < -0.39 is 12.0 Å². The number of carbonyl (C=O) groups is 3. The summed E-state index contributed by atoms with van der Waals surface area (Å²) < 4.78 is 0. The largest absolute Gasteiger partial charge is 0.508 e. The number of benzene rings is 3. The maximum absolute atomic E-state index is 11.4. The van der Waals surface area contributed by atoms with Crippen molar-refractivity contribution < 1.29 is 24.6 Å². The van der Waals surface area contributed by atoms with Gasteiger partial charge in [0.15, 0.2) is 5.78 Å². The van der Waals surface area contributed by atoms with Crippen molar-refractivity contribution in [1.82, 2.24) is 10.3 Å². The third kappa shape index (κ3) is 8.42. The molecule has 4 rings (SSSR count). The number of hydrogen-bond acceptors (Lipinski definition) is 5. The van der Waals surface area contributed by atoms with Crippen molar-refractivity contribution in [3.8, 4) is 16.9 Å². The second kappa shape index (κ2) is 14.5. The molecule has 0 aliphatic carbocycles. The molecule has 0 fully saturated rings. The smallest absolute Gasteiger partial charge is 0.336 e. The number of Topliss-reactive ketones (excluding diaryl/α,β-unsaturated/α-hetero) is 1. The summed E-state index contributed by atoms with van der Waals surface area (Å²) >= 11 is 5.89. The molecule has 8 heteroatoms. The number of aromatic hydroxyl groups is 1. The Labute approximate surface area is 227 Å². The number of nitrogens with one attached hydrogen (secondary N) is 1. The Kier molecular flexibility index (Phi) is 11.4. The molecule has 3 aromatic carbocycles. The van der Waals surface area contributed by atoms with Crippen LogP contribution in [0.15, 0.2) is 72.8 Å². The fourth-order valence-electron chi connectivity index (χ4n) is 3.63. The number of aromatic nitrogens is 1. The third-order valence-electron chi connectivity index (χ3n) is 5.48. The molecular formula is C30H31ClN2O5. The third-order valence-corrected chi connectivity index (χ3v) is 5.73. The number of hydrogen-bond donors (Lipinski definition) is 3. The average molecular weight is 535 g/mol. The molecule has 0 bridgehead atoms. The first-order chi connectivity index (χ1) is 18.2. The van der Waals surface area contributed by atoms with Gasteiger partial charge in [0.25, 0.3) is 0 Å². The van der Waals surface area contributed by atoms with Gasteiger partial charge in [-0.3, -0.25) is 14.6 Å². The summed E-state index contributed by atoms with van der Waals surface area (Å²) in [6, 6.07) is 20.7. The number of carboxylic acid groups (broad SMARTS) is 1. The van der Waals surface area contributed by atoms with Gasteiger partial charge in [-0.2, -0.15) is 0 Å². The number of aryl methyl sites for hydroxylation is 1. The van der Waals surface area contributed by atoms with Gasteiger partial charge in [0.2, 0.25) is 6.41 Å². The molecule has 0 saturated carbocycles. The predicted octanol–water partition coefficient (Wildman–Crippen LogP) is 6.23. The van der Waals surface area contributed by atoms with Crippen LogP contribution in [0.3, 0.4) is 0 Å². The molecule has 1 heterocycles. The van der Waals surface area contributed by atoms with Crippen LogP contribution in [0.1, 0.15) is 42.4 Å². The fraction of sp³-hybridized carbons (Fsp3) is 0.200. The Morgan fingerprint density at radius 3 is 2.13 bits per heavy atom. The highest BCUT2D eigenvalue weighted by atomic mass is 35.5. The standard InChI is InChI=1S/C17H12ClNO2.C11H13NO3.C2H6/c1-10-8-15(17(20)21)14-9-12(4-7-16(14)19-10)11-2-5-13(18)6-3-11;1-8(14)11(12-7-13)6-9-2-4-10(15)5-3-9;1-2/h2-9H,1H3,(H,20,21);2-5,7,11,15H,6H2,1H3,(H,12,13);1-2H3. The number of amides is 1. The highest BCUT2D eigenvalue weighted by Crippen LogP contribution is 2.27. The molecule has 7 nitrogen and oxygen atoms in total. The predicted molar refractivity (Wildman–Crippen MR) is 151 cm³/mol. The highest BCUT2D eigenvalue weighted by Gasteiger charge is 2.13. The summed E-state index contributed by atoms with van der Waals surface area (Å²) in [6.07, 6.45) is 0.959. The van der Waals surface area contributed by atoms with Crippen molar-refractivity contribution in [2.45, 2.75) is 40.2 Å². The molecule has 198 valence electrons. The number of halogens is 1. The van der Waals surface area contributed by atoms with E-state index in [4.69, 9.17) is 16.7 Å². The molecule has 0 radical (unpaired) electrons. The fourth-order valence-corrected chi connectivity index (χ4v) is 3.75. The quantitative estimate of drug-likeness (QED) is 0.242. The summed E-state index contributed by atoms with van der Waals surface area (Å²) in [5.74, 6) is -0.851. The van der Waals surface area contributed by atoms with Crippen molar-refractivity contribution >= 4 is 40.7 Å². The highest BCUT2D eigenvalue weighted by molar-refractivity contribution is 6.30. The number of nitrogens with zero attached hydrogens (tertiary/aromatic N) is 1. The first-order valence-electron chi connectivity index (χ1n) is 12.1. The molecule has 4 aromatic rings. The van der Waals surface area contributed by atoms with E-state index >= 15 is 0 Å². The monoisotopic (exact) mass is 534 g/mol. The van der Waals surface area contributed by atoms with E-state index in [9.17, 15) is 19.5 Å². The van der Waals surface area contributed by atoms with Crippen molar-refractivity contribution in [3.63, 3.8) is 0 Å².